The Labute approximate surface area is 95.1 Å². The highest BCUT2D eigenvalue weighted by molar-refractivity contribution is 7.09. The number of aryl methyl sites for hydroxylation is 1. The van der Waals surface area contributed by atoms with Gasteiger partial charge < -0.3 is 9.84 Å². The van der Waals surface area contributed by atoms with Crippen molar-refractivity contribution in [3.05, 3.63) is 16.1 Å². The first-order valence-electron chi connectivity index (χ1n) is 5.16. The van der Waals surface area contributed by atoms with Crippen LogP contribution in [-0.4, -0.2) is 28.9 Å². The minimum Gasteiger partial charge on any atom is -0.390 e. The molecule has 2 unspecified atom stereocenters. The highest BCUT2D eigenvalue weighted by Gasteiger charge is 2.31. The number of aliphatic hydroxyl groups is 1. The van der Waals surface area contributed by atoms with Gasteiger partial charge in [0.15, 0.2) is 0 Å². The number of thiazole rings is 1. The molecule has 0 saturated heterocycles. The molecule has 4 heteroatoms. The van der Waals surface area contributed by atoms with Crippen molar-refractivity contribution in [1.82, 2.24) is 4.98 Å². The Balaban J connectivity index is 2.65. The van der Waals surface area contributed by atoms with E-state index in [9.17, 15) is 5.11 Å². The monoisotopic (exact) mass is 229 g/mol. The van der Waals surface area contributed by atoms with Gasteiger partial charge in [-0.2, -0.15) is 0 Å². The van der Waals surface area contributed by atoms with E-state index in [-0.39, 0.29) is 0 Å². The second-order valence-corrected chi connectivity index (χ2v) is 4.92. The topological polar surface area (TPSA) is 42.4 Å². The zero-order valence-electron chi connectivity index (χ0n) is 9.78. The fourth-order valence-corrected chi connectivity index (χ4v) is 2.20. The summed E-state index contributed by atoms with van der Waals surface area (Å²) in [4.78, 5) is 4.34. The molecule has 0 aliphatic heterocycles. The molecule has 86 valence electrons. The number of methoxy groups -OCH3 is 1. The van der Waals surface area contributed by atoms with Gasteiger partial charge in [0, 0.05) is 24.6 Å². The van der Waals surface area contributed by atoms with E-state index >= 15 is 0 Å². The number of hydrogen-bond acceptors (Lipinski definition) is 4. The van der Waals surface area contributed by atoms with Gasteiger partial charge in [-0.1, -0.05) is 6.92 Å². The van der Waals surface area contributed by atoms with Crippen molar-refractivity contribution in [3.8, 4) is 0 Å². The van der Waals surface area contributed by atoms with Gasteiger partial charge in [0.05, 0.1) is 16.7 Å². The summed E-state index contributed by atoms with van der Waals surface area (Å²) in [5, 5.41) is 13.0. The summed E-state index contributed by atoms with van der Waals surface area (Å²) >= 11 is 1.59. The van der Waals surface area contributed by atoms with Crippen LogP contribution < -0.4 is 0 Å². The SMILES string of the molecule is CCC(C)(OC)C(O)Cc1nc(C)cs1. The Morgan fingerprint density at radius 2 is 2.33 bits per heavy atom. The first kappa shape index (κ1) is 12.6. The lowest BCUT2D eigenvalue weighted by Gasteiger charge is -2.31. The van der Waals surface area contributed by atoms with Gasteiger partial charge in [-0.15, -0.1) is 11.3 Å². The largest absolute Gasteiger partial charge is 0.390 e. The number of ether oxygens (including phenoxy) is 1. The first-order chi connectivity index (χ1) is 7.01. The second kappa shape index (κ2) is 5.05. The minimum atomic E-state index is -0.502. The van der Waals surface area contributed by atoms with Gasteiger partial charge in [-0.25, -0.2) is 4.98 Å². The van der Waals surface area contributed by atoms with Crippen LogP contribution >= 0.6 is 11.3 Å². The van der Waals surface area contributed by atoms with Crippen LogP contribution in [0.15, 0.2) is 5.38 Å². The molecule has 0 bridgehead atoms. The third-order valence-corrected chi connectivity index (χ3v) is 3.90. The molecule has 3 nitrogen and oxygen atoms in total. The molecule has 0 saturated carbocycles. The third kappa shape index (κ3) is 3.00. The summed E-state index contributed by atoms with van der Waals surface area (Å²) in [5.41, 5.74) is 0.539. The van der Waals surface area contributed by atoms with E-state index < -0.39 is 11.7 Å². The van der Waals surface area contributed by atoms with Gasteiger partial charge in [-0.3, -0.25) is 0 Å². The molecule has 1 aromatic rings. The van der Waals surface area contributed by atoms with Crippen LogP contribution in [0.2, 0.25) is 0 Å². The smallest absolute Gasteiger partial charge is 0.0955 e. The van der Waals surface area contributed by atoms with Crippen LogP contribution in [0.4, 0.5) is 0 Å². The summed E-state index contributed by atoms with van der Waals surface area (Å²) in [6, 6.07) is 0. The van der Waals surface area contributed by atoms with E-state index in [2.05, 4.69) is 4.98 Å². The summed E-state index contributed by atoms with van der Waals surface area (Å²) in [7, 11) is 1.64. The molecular weight excluding hydrogens is 210 g/mol. The highest BCUT2D eigenvalue weighted by Crippen LogP contribution is 2.23. The van der Waals surface area contributed by atoms with Gasteiger partial charge in [-0.05, 0) is 20.3 Å². The first-order valence-corrected chi connectivity index (χ1v) is 6.04. The lowest BCUT2D eigenvalue weighted by molar-refractivity contribution is -0.0914. The number of aliphatic hydroxyl groups excluding tert-OH is 1. The van der Waals surface area contributed by atoms with Gasteiger partial charge in [0.2, 0.25) is 0 Å². The molecule has 0 aromatic carbocycles. The van der Waals surface area contributed by atoms with E-state index in [1.54, 1.807) is 18.4 Å². The third-order valence-electron chi connectivity index (χ3n) is 2.91. The zero-order valence-corrected chi connectivity index (χ0v) is 10.6. The summed E-state index contributed by atoms with van der Waals surface area (Å²) in [6.45, 7) is 5.90. The van der Waals surface area contributed by atoms with Crippen LogP contribution in [0.5, 0.6) is 0 Å². The Morgan fingerprint density at radius 1 is 1.67 bits per heavy atom. The molecule has 0 fully saturated rings. The molecule has 0 spiro atoms. The van der Waals surface area contributed by atoms with Crippen molar-refractivity contribution in [2.24, 2.45) is 0 Å². The molecule has 1 aromatic heterocycles. The molecule has 1 heterocycles. The molecule has 1 rings (SSSR count). The predicted molar refractivity (Wildman–Crippen MR) is 62.3 cm³/mol. The number of hydrogen-bond donors (Lipinski definition) is 1. The van der Waals surface area contributed by atoms with Crippen LogP contribution in [0.1, 0.15) is 31.0 Å². The van der Waals surface area contributed by atoms with E-state index in [1.165, 1.54) is 0 Å². The van der Waals surface area contributed by atoms with Crippen molar-refractivity contribution < 1.29 is 9.84 Å². The lowest BCUT2D eigenvalue weighted by atomic mass is 9.93. The van der Waals surface area contributed by atoms with Crippen LogP contribution in [-0.2, 0) is 11.2 Å². The molecule has 0 amide bonds. The van der Waals surface area contributed by atoms with E-state index in [1.807, 2.05) is 26.2 Å². The van der Waals surface area contributed by atoms with Crippen LogP contribution in [0.25, 0.3) is 0 Å². The standard InChI is InChI=1S/C11H19NO2S/c1-5-11(3,14-4)9(13)6-10-12-8(2)7-15-10/h7,9,13H,5-6H2,1-4H3. The Hall–Kier alpha value is -0.450. The Kier molecular flexibility index (Phi) is 4.25. The molecule has 2 atom stereocenters. The summed E-state index contributed by atoms with van der Waals surface area (Å²) in [6.07, 6.45) is 0.851. The van der Waals surface area contributed by atoms with Crippen molar-refractivity contribution in [2.45, 2.75) is 45.3 Å². The van der Waals surface area contributed by atoms with E-state index in [0.29, 0.717) is 6.42 Å². The second-order valence-electron chi connectivity index (χ2n) is 3.97. The Morgan fingerprint density at radius 3 is 2.73 bits per heavy atom. The summed E-state index contributed by atoms with van der Waals surface area (Å²) < 4.78 is 5.35. The lowest BCUT2D eigenvalue weighted by Crippen LogP contribution is -2.41. The predicted octanol–water partition coefficient (Wildman–Crippen LogP) is 2.17. The average Bonchev–Trinajstić information content (AvgIpc) is 2.62. The maximum atomic E-state index is 10.1. The van der Waals surface area contributed by atoms with Crippen molar-refractivity contribution in [2.75, 3.05) is 7.11 Å². The summed E-state index contributed by atoms with van der Waals surface area (Å²) in [5.74, 6) is 0. The molecule has 1 N–H and O–H groups in total. The fourth-order valence-electron chi connectivity index (χ4n) is 1.39. The van der Waals surface area contributed by atoms with Crippen molar-refractivity contribution in [3.63, 3.8) is 0 Å². The normalized spacial score (nSPS) is 17.4. The van der Waals surface area contributed by atoms with Crippen LogP contribution in [0, 0.1) is 6.92 Å². The van der Waals surface area contributed by atoms with E-state index in [0.717, 1.165) is 17.1 Å². The molecule has 0 aliphatic carbocycles. The van der Waals surface area contributed by atoms with Crippen molar-refractivity contribution >= 4 is 11.3 Å². The van der Waals surface area contributed by atoms with Gasteiger partial charge in [0.1, 0.15) is 0 Å². The van der Waals surface area contributed by atoms with Crippen LogP contribution in [0.3, 0.4) is 0 Å². The number of aromatic nitrogens is 1. The molecular formula is C11H19NO2S. The van der Waals surface area contributed by atoms with Gasteiger partial charge in [0.25, 0.3) is 0 Å². The average molecular weight is 229 g/mol. The minimum absolute atomic E-state index is 0.473. The molecule has 0 aliphatic rings. The quantitative estimate of drug-likeness (QED) is 0.841. The maximum absolute atomic E-state index is 10.1. The number of nitrogens with zero attached hydrogens (tertiary/aromatic N) is 1. The zero-order chi connectivity index (χ0) is 11.5. The number of rotatable bonds is 5. The van der Waals surface area contributed by atoms with Gasteiger partial charge >= 0.3 is 0 Å². The fraction of sp³-hybridized carbons (Fsp3) is 0.727. The Bertz CT molecular complexity index is 307. The maximum Gasteiger partial charge on any atom is 0.0955 e. The van der Waals surface area contributed by atoms with E-state index in [4.69, 9.17) is 4.74 Å². The van der Waals surface area contributed by atoms with Crippen molar-refractivity contribution in [1.29, 1.82) is 0 Å². The molecule has 15 heavy (non-hydrogen) atoms. The highest BCUT2D eigenvalue weighted by atomic mass is 32.1. The molecule has 0 radical (unpaired) electrons.